The Morgan fingerprint density at radius 1 is 1.45 bits per heavy atom. The molecule has 1 fully saturated rings. The zero-order valence-corrected chi connectivity index (χ0v) is 11.7. The molecule has 1 aromatic rings. The van der Waals surface area contributed by atoms with Gasteiger partial charge in [-0.15, -0.1) is 0 Å². The smallest absolute Gasteiger partial charge is 0.235 e. The Morgan fingerprint density at radius 3 is 2.75 bits per heavy atom. The largest absolute Gasteiger partial charge is 0.360 e. The number of hydrogen-bond acceptors (Lipinski definition) is 6. The van der Waals surface area contributed by atoms with Crippen LogP contribution in [0.5, 0.6) is 0 Å². The first kappa shape index (κ1) is 14.5. The molecule has 0 bridgehead atoms. The third-order valence-electron chi connectivity index (χ3n) is 2.81. The summed E-state index contributed by atoms with van der Waals surface area (Å²) in [7, 11) is -3.05. The number of aromatic nitrogens is 1. The Kier molecular flexibility index (Phi) is 4.07. The molecule has 0 aromatic carbocycles. The number of carbonyl (C=O) groups excluding carboxylic acids is 2. The fourth-order valence-corrected chi connectivity index (χ4v) is 3.62. The monoisotopic (exact) mass is 301 g/mol. The van der Waals surface area contributed by atoms with Crippen LogP contribution in [0.15, 0.2) is 10.6 Å². The minimum atomic E-state index is -3.05. The predicted molar refractivity (Wildman–Crippen MR) is 69.7 cm³/mol. The lowest BCUT2D eigenvalue weighted by Crippen LogP contribution is -2.37. The lowest BCUT2D eigenvalue weighted by Gasteiger charge is -2.10. The maximum Gasteiger partial charge on any atom is 0.235 e. The lowest BCUT2D eigenvalue weighted by molar-refractivity contribution is -0.127. The minimum absolute atomic E-state index is 0.0666. The summed E-state index contributed by atoms with van der Waals surface area (Å²) in [5.41, 5.74) is 0. The highest BCUT2D eigenvalue weighted by atomic mass is 32.2. The summed E-state index contributed by atoms with van der Waals surface area (Å²) in [6.45, 7) is 1.68. The van der Waals surface area contributed by atoms with Gasteiger partial charge in [-0.2, -0.15) is 0 Å². The molecule has 9 heteroatoms. The van der Waals surface area contributed by atoms with Gasteiger partial charge in [-0.3, -0.25) is 9.59 Å². The average molecular weight is 301 g/mol. The van der Waals surface area contributed by atoms with E-state index in [4.69, 9.17) is 4.52 Å². The second-order valence-electron chi connectivity index (χ2n) is 4.72. The maximum atomic E-state index is 11.6. The number of sulfone groups is 1. The SMILES string of the molecule is Cc1cc(NC(=O)CC(=O)NC2CCS(=O)(=O)C2)no1. The molecule has 1 aromatic heterocycles. The van der Waals surface area contributed by atoms with Crippen LogP contribution < -0.4 is 10.6 Å². The lowest BCUT2D eigenvalue weighted by atomic mass is 10.2. The van der Waals surface area contributed by atoms with E-state index in [0.29, 0.717) is 12.2 Å². The highest BCUT2D eigenvalue weighted by molar-refractivity contribution is 7.91. The van der Waals surface area contributed by atoms with E-state index in [1.807, 2.05) is 0 Å². The summed E-state index contributed by atoms with van der Waals surface area (Å²) >= 11 is 0. The van der Waals surface area contributed by atoms with Crippen LogP contribution in [0.1, 0.15) is 18.6 Å². The predicted octanol–water partition coefficient (Wildman–Crippen LogP) is -0.385. The van der Waals surface area contributed by atoms with E-state index >= 15 is 0 Å². The third kappa shape index (κ3) is 4.05. The van der Waals surface area contributed by atoms with Crippen molar-refractivity contribution in [1.29, 1.82) is 0 Å². The van der Waals surface area contributed by atoms with E-state index in [-0.39, 0.29) is 23.7 Å². The van der Waals surface area contributed by atoms with Crippen molar-refractivity contribution in [3.8, 4) is 0 Å². The summed E-state index contributed by atoms with van der Waals surface area (Å²) in [6, 6.07) is 1.12. The number of nitrogens with zero attached hydrogens (tertiary/aromatic N) is 1. The van der Waals surface area contributed by atoms with Crippen LogP contribution in [0.2, 0.25) is 0 Å². The van der Waals surface area contributed by atoms with Gasteiger partial charge in [0, 0.05) is 12.1 Å². The third-order valence-corrected chi connectivity index (χ3v) is 4.58. The number of carbonyl (C=O) groups is 2. The van der Waals surface area contributed by atoms with E-state index in [1.165, 1.54) is 6.07 Å². The second-order valence-corrected chi connectivity index (χ2v) is 6.94. The zero-order valence-electron chi connectivity index (χ0n) is 10.9. The van der Waals surface area contributed by atoms with Crippen LogP contribution in [-0.4, -0.2) is 42.9 Å². The number of rotatable bonds is 4. The van der Waals surface area contributed by atoms with Gasteiger partial charge in [0.2, 0.25) is 11.8 Å². The van der Waals surface area contributed by atoms with E-state index in [1.54, 1.807) is 6.92 Å². The first-order valence-corrected chi connectivity index (χ1v) is 7.89. The van der Waals surface area contributed by atoms with Crippen molar-refractivity contribution >= 4 is 27.5 Å². The highest BCUT2D eigenvalue weighted by Gasteiger charge is 2.29. The first-order chi connectivity index (χ1) is 9.34. The molecule has 0 spiro atoms. The van der Waals surface area contributed by atoms with Crippen molar-refractivity contribution in [2.24, 2.45) is 0 Å². The quantitative estimate of drug-likeness (QED) is 0.731. The maximum absolute atomic E-state index is 11.6. The summed E-state index contributed by atoms with van der Waals surface area (Å²) in [6.07, 6.45) is 0.000623. The van der Waals surface area contributed by atoms with Gasteiger partial charge in [0.05, 0.1) is 11.5 Å². The van der Waals surface area contributed by atoms with Crippen LogP contribution >= 0.6 is 0 Å². The Bertz CT molecular complexity index is 622. The van der Waals surface area contributed by atoms with Crippen LogP contribution in [0.4, 0.5) is 5.82 Å². The molecule has 20 heavy (non-hydrogen) atoms. The molecule has 1 saturated heterocycles. The molecular weight excluding hydrogens is 286 g/mol. The Hall–Kier alpha value is -1.90. The summed E-state index contributed by atoms with van der Waals surface area (Å²) in [4.78, 5) is 23.2. The van der Waals surface area contributed by atoms with Crippen molar-refractivity contribution in [3.05, 3.63) is 11.8 Å². The van der Waals surface area contributed by atoms with Gasteiger partial charge in [-0.05, 0) is 13.3 Å². The van der Waals surface area contributed by atoms with Gasteiger partial charge in [-0.25, -0.2) is 8.42 Å². The van der Waals surface area contributed by atoms with Crippen molar-refractivity contribution in [3.63, 3.8) is 0 Å². The molecule has 2 N–H and O–H groups in total. The Balaban J connectivity index is 1.78. The molecule has 2 heterocycles. The molecule has 1 unspecified atom stereocenters. The molecule has 1 atom stereocenters. The highest BCUT2D eigenvalue weighted by Crippen LogP contribution is 2.11. The molecule has 1 aliphatic rings. The van der Waals surface area contributed by atoms with Gasteiger partial charge in [0.25, 0.3) is 0 Å². The van der Waals surface area contributed by atoms with Crippen molar-refractivity contribution in [1.82, 2.24) is 10.5 Å². The Labute approximate surface area is 115 Å². The summed E-state index contributed by atoms with van der Waals surface area (Å²) in [5, 5.41) is 8.51. The number of nitrogens with one attached hydrogen (secondary N) is 2. The number of hydrogen-bond donors (Lipinski definition) is 2. The van der Waals surface area contributed by atoms with Gasteiger partial charge in [0.1, 0.15) is 12.2 Å². The van der Waals surface area contributed by atoms with E-state index in [9.17, 15) is 18.0 Å². The van der Waals surface area contributed by atoms with Crippen LogP contribution in [0.3, 0.4) is 0 Å². The molecular formula is C11H15N3O5S. The molecule has 2 amide bonds. The molecule has 0 saturated carbocycles. The van der Waals surface area contributed by atoms with Gasteiger partial charge in [-0.1, -0.05) is 5.16 Å². The standard InChI is InChI=1S/C11H15N3O5S/c1-7-4-9(14-19-7)13-11(16)5-10(15)12-8-2-3-20(17,18)6-8/h4,8H,2-3,5-6H2,1H3,(H,12,15)(H,13,14,16). The molecule has 8 nitrogen and oxygen atoms in total. The fraction of sp³-hybridized carbons (Fsp3) is 0.545. The van der Waals surface area contributed by atoms with Gasteiger partial charge < -0.3 is 15.2 Å². The Morgan fingerprint density at radius 2 is 2.20 bits per heavy atom. The number of amides is 2. The first-order valence-electron chi connectivity index (χ1n) is 6.07. The normalized spacial score (nSPS) is 20.6. The molecule has 1 aliphatic heterocycles. The van der Waals surface area contributed by atoms with Crippen molar-refractivity contribution in [2.45, 2.75) is 25.8 Å². The molecule has 0 radical (unpaired) electrons. The molecule has 110 valence electrons. The van der Waals surface area contributed by atoms with E-state index in [0.717, 1.165) is 0 Å². The second kappa shape index (κ2) is 5.61. The van der Waals surface area contributed by atoms with E-state index in [2.05, 4.69) is 15.8 Å². The summed E-state index contributed by atoms with van der Waals surface area (Å²) < 4.78 is 27.2. The van der Waals surface area contributed by atoms with Crippen LogP contribution in [0, 0.1) is 6.92 Å². The van der Waals surface area contributed by atoms with E-state index < -0.39 is 27.7 Å². The van der Waals surface area contributed by atoms with Crippen molar-refractivity contribution < 1.29 is 22.5 Å². The van der Waals surface area contributed by atoms with Crippen LogP contribution in [0.25, 0.3) is 0 Å². The fourth-order valence-electron chi connectivity index (χ4n) is 1.95. The topological polar surface area (TPSA) is 118 Å². The van der Waals surface area contributed by atoms with Crippen LogP contribution in [-0.2, 0) is 19.4 Å². The minimum Gasteiger partial charge on any atom is -0.360 e. The van der Waals surface area contributed by atoms with Crippen molar-refractivity contribution in [2.75, 3.05) is 16.8 Å². The van der Waals surface area contributed by atoms with Gasteiger partial charge in [0.15, 0.2) is 15.7 Å². The average Bonchev–Trinajstić information content (AvgIpc) is 2.84. The molecule has 2 rings (SSSR count). The summed E-state index contributed by atoms with van der Waals surface area (Å²) in [5.74, 6) is -0.253. The van der Waals surface area contributed by atoms with Gasteiger partial charge >= 0.3 is 0 Å². The number of aryl methyl sites for hydroxylation is 1. The zero-order chi connectivity index (χ0) is 14.8. The molecule has 0 aliphatic carbocycles. The number of anilines is 1.